The summed E-state index contributed by atoms with van der Waals surface area (Å²) in [6, 6.07) is 13.3. The van der Waals surface area contributed by atoms with Crippen LogP contribution in [-0.2, 0) is 4.79 Å². The van der Waals surface area contributed by atoms with Gasteiger partial charge in [-0.25, -0.2) is 4.79 Å². The maximum atomic E-state index is 11.2. The number of hydrogen-bond acceptors (Lipinski definition) is 3. The number of carbonyl (C=O) groups is 1. The topological polar surface area (TPSA) is 35.5 Å². The van der Waals surface area contributed by atoms with Crippen molar-refractivity contribution in [3.8, 4) is 22.6 Å². The van der Waals surface area contributed by atoms with Crippen molar-refractivity contribution in [3.63, 3.8) is 0 Å². The Kier molecular flexibility index (Phi) is 4.20. The first-order valence-electron chi connectivity index (χ1n) is 6.24. The average Bonchev–Trinajstić information content (AvgIpc) is 2.47. The number of hydrogen-bond donors (Lipinski definition) is 0. The van der Waals surface area contributed by atoms with Gasteiger partial charge < -0.3 is 9.47 Å². The highest BCUT2D eigenvalue weighted by atomic mass is 16.5. The van der Waals surface area contributed by atoms with E-state index in [1.165, 1.54) is 0 Å². The van der Waals surface area contributed by atoms with Crippen LogP contribution in [0, 0.1) is 6.92 Å². The van der Waals surface area contributed by atoms with E-state index in [-0.39, 0.29) is 0 Å². The summed E-state index contributed by atoms with van der Waals surface area (Å²) >= 11 is 0. The molecule has 0 fully saturated rings. The van der Waals surface area contributed by atoms with Crippen LogP contribution in [-0.4, -0.2) is 13.1 Å². The molecule has 0 unspecified atom stereocenters. The lowest BCUT2D eigenvalue weighted by Gasteiger charge is -2.12. The largest absolute Gasteiger partial charge is 0.496 e. The van der Waals surface area contributed by atoms with E-state index in [1.54, 1.807) is 13.2 Å². The van der Waals surface area contributed by atoms with E-state index in [4.69, 9.17) is 9.47 Å². The molecular formula is C17H16O3. The van der Waals surface area contributed by atoms with Gasteiger partial charge in [-0.2, -0.15) is 0 Å². The van der Waals surface area contributed by atoms with Gasteiger partial charge >= 0.3 is 5.97 Å². The van der Waals surface area contributed by atoms with Crippen molar-refractivity contribution in [3.05, 3.63) is 60.7 Å². The van der Waals surface area contributed by atoms with Crippen molar-refractivity contribution in [2.45, 2.75) is 6.92 Å². The SMILES string of the molecule is C=CC(=O)Oc1ccc(-c2ccccc2OC)c(C)c1. The van der Waals surface area contributed by atoms with Gasteiger partial charge in [0.25, 0.3) is 0 Å². The molecule has 3 nitrogen and oxygen atoms in total. The van der Waals surface area contributed by atoms with Crippen molar-refractivity contribution in [1.82, 2.24) is 0 Å². The number of para-hydroxylation sites is 1. The molecule has 0 spiro atoms. The minimum atomic E-state index is -0.463. The van der Waals surface area contributed by atoms with Crippen molar-refractivity contribution in [1.29, 1.82) is 0 Å². The second-order valence-electron chi connectivity index (χ2n) is 4.30. The zero-order chi connectivity index (χ0) is 14.5. The molecule has 0 aliphatic heterocycles. The van der Waals surface area contributed by atoms with E-state index < -0.39 is 5.97 Å². The van der Waals surface area contributed by atoms with Crippen molar-refractivity contribution in [2.24, 2.45) is 0 Å². The van der Waals surface area contributed by atoms with Gasteiger partial charge in [0.2, 0.25) is 0 Å². The number of methoxy groups -OCH3 is 1. The molecule has 3 heteroatoms. The average molecular weight is 268 g/mol. The van der Waals surface area contributed by atoms with Crippen molar-refractivity contribution >= 4 is 5.97 Å². The molecule has 0 aliphatic carbocycles. The van der Waals surface area contributed by atoms with Crippen LogP contribution in [0.25, 0.3) is 11.1 Å². The van der Waals surface area contributed by atoms with Crippen LogP contribution in [0.4, 0.5) is 0 Å². The Balaban J connectivity index is 2.39. The summed E-state index contributed by atoms with van der Waals surface area (Å²) in [7, 11) is 1.65. The van der Waals surface area contributed by atoms with Crippen LogP contribution in [0.3, 0.4) is 0 Å². The molecule has 0 aliphatic rings. The van der Waals surface area contributed by atoms with Crippen LogP contribution in [0.15, 0.2) is 55.1 Å². The van der Waals surface area contributed by atoms with Gasteiger partial charge in [0.05, 0.1) is 7.11 Å². The first kappa shape index (κ1) is 13.9. The summed E-state index contributed by atoms with van der Waals surface area (Å²) < 4.78 is 10.5. The van der Waals surface area contributed by atoms with Crippen LogP contribution in [0.2, 0.25) is 0 Å². The van der Waals surface area contributed by atoms with Gasteiger partial charge in [-0.3, -0.25) is 0 Å². The first-order valence-corrected chi connectivity index (χ1v) is 6.24. The van der Waals surface area contributed by atoms with Gasteiger partial charge in [-0.1, -0.05) is 30.8 Å². The molecular weight excluding hydrogens is 252 g/mol. The zero-order valence-corrected chi connectivity index (χ0v) is 11.6. The quantitative estimate of drug-likeness (QED) is 0.481. The Morgan fingerprint density at radius 2 is 1.90 bits per heavy atom. The maximum absolute atomic E-state index is 11.2. The maximum Gasteiger partial charge on any atom is 0.335 e. The molecule has 0 saturated heterocycles. The number of aryl methyl sites for hydroxylation is 1. The van der Waals surface area contributed by atoms with Crippen LogP contribution in [0.5, 0.6) is 11.5 Å². The molecule has 0 amide bonds. The molecule has 2 aromatic rings. The third-order valence-corrected chi connectivity index (χ3v) is 2.98. The fraction of sp³-hybridized carbons (Fsp3) is 0.118. The number of carbonyl (C=O) groups excluding carboxylic acids is 1. The minimum absolute atomic E-state index is 0.463. The highest BCUT2D eigenvalue weighted by Crippen LogP contribution is 2.33. The number of rotatable bonds is 4. The van der Waals surface area contributed by atoms with Crippen LogP contribution >= 0.6 is 0 Å². The minimum Gasteiger partial charge on any atom is -0.496 e. The lowest BCUT2D eigenvalue weighted by molar-refractivity contribution is -0.128. The Morgan fingerprint density at radius 3 is 2.55 bits per heavy atom. The molecule has 20 heavy (non-hydrogen) atoms. The lowest BCUT2D eigenvalue weighted by Crippen LogP contribution is -2.03. The third kappa shape index (κ3) is 2.88. The highest BCUT2D eigenvalue weighted by Gasteiger charge is 2.09. The molecule has 0 bridgehead atoms. The second kappa shape index (κ2) is 6.06. The van der Waals surface area contributed by atoms with Gasteiger partial charge in [0.1, 0.15) is 11.5 Å². The first-order chi connectivity index (χ1) is 9.65. The van der Waals surface area contributed by atoms with E-state index in [2.05, 4.69) is 6.58 Å². The molecule has 0 N–H and O–H groups in total. The molecule has 0 atom stereocenters. The predicted octanol–water partition coefficient (Wildman–Crippen LogP) is 3.76. The Morgan fingerprint density at radius 1 is 1.15 bits per heavy atom. The highest BCUT2D eigenvalue weighted by molar-refractivity contribution is 5.83. The molecule has 2 aromatic carbocycles. The van der Waals surface area contributed by atoms with Gasteiger partial charge in [-0.05, 0) is 36.2 Å². The normalized spacial score (nSPS) is 9.90. The Labute approximate surface area is 118 Å². The number of esters is 1. The summed E-state index contributed by atoms with van der Waals surface area (Å²) in [5.41, 5.74) is 3.05. The second-order valence-corrected chi connectivity index (χ2v) is 4.30. The van der Waals surface area contributed by atoms with Crippen LogP contribution < -0.4 is 9.47 Å². The number of ether oxygens (including phenoxy) is 2. The summed E-state index contributed by atoms with van der Waals surface area (Å²) in [6.45, 7) is 5.34. The molecule has 0 aromatic heterocycles. The molecule has 0 heterocycles. The summed E-state index contributed by atoms with van der Waals surface area (Å²) in [5, 5.41) is 0. The fourth-order valence-corrected chi connectivity index (χ4v) is 2.03. The summed E-state index contributed by atoms with van der Waals surface area (Å²) in [4.78, 5) is 11.2. The van der Waals surface area contributed by atoms with E-state index in [0.29, 0.717) is 5.75 Å². The van der Waals surface area contributed by atoms with E-state index in [9.17, 15) is 4.79 Å². The predicted molar refractivity (Wildman–Crippen MR) is 79.0 cm³/mol. The number of benzene rings is 2. The smallest absolute Gasteiger partial charge is 0.335 e. The van der Waals surface area contributed by atoms with Gasteiger partial charge in [0, 0.05) is 11.6 Å². The monoisotopic (exact) mass is 268 g/mol. The lowest BCUT2D eigenvalue weighted by atomic mass is 9.99. The summed E-state index contributed by atoms with van der Waals surface area (Å²) in [6.07, 6.45) is 1.14. The third-order valence-electron chi connectivity index (χ3n) is 2.98. The standard InChI is InChI=1S/C17H16O3/c1-4-17(18)20-13-9-10-14(12(2)11-13)15-7-5-6-8-16(15)19-3/h4-11H,1H2,2-3H3. The fourth-order valence-electron chi connectivity index (χ4n) is 2.03. The van der Waals surface area contributed by atoms with Gasteiger partial charge in [-0.15, -0.1) is 0 Å². The van der Waals surface area contributed by atoms with E-state index in [1.807, 2.05) is 43.3 Å². The van der Waals surface area contributed by atoms with Crippen molar-refractivity contribution < 1.29 is 14.3 Å². The molecule has 0 radical (unpaired) electrons. The van der Waals surface area contributed by atoms with E-state index in [0.717, 1.165) is 28.5 Å². The molecule has 2 rings (SSSR count). The summed E-state index contributed by atoms with van der Waals surface area (Å²) in [5.74, 6) is 0.854. The van der Waals surface area contributed by atoms with Crippen molar-refractivity contribution in [2.75, 3.05) is 7.11 Å². The molecule has 102 valence electrons. The zero-order valence-electron chi connectivity index (χ0n) is 11.6. The molecule has 0 saturated carbocycles. The Hall–Kier alpha value is -2.55. The Bertz CT molecular complexity index is 644. The van der Waals surface area contributed by atoms with Gasteiger partial charge in [0.15, 0.2) is 0 Å². The van der Waals surface area contributed by atoms with E-state index >= 15 is 0 Å². The van der Waals surface area contributed by atoms with Crippen LogP contribution in [0.1, 0.15) is 5.56 Å².